The van der Waals surface area contributed by atoms with Crippen LogP contribution in [0.15, 0.2) is 12.4 Å². The van der Waals surface area contributed by atoms with Gasteiger partial charge in [-0.3, -0.25) is 4.39 Å². The summed E-state index contributed by atoms with van der Waals surface area (Å²) in [6.45, 7) is -3.14. The molecule has 0 saturated carbocycles. The second-order valence-corrected chi connectivity index (χ2v) is 5.58. The van der Waals surface area contributed by atoms with Crippen LogP contribution in [0.2, 0.25) is 0 Å². The van der Waals surface area contributed by atoms with E-state index in [-0.39, 0.29) is 32.0 Å². The van der Waals surface area contributed by atoms with Crippen LogP contribution >= 0.6 is 0 Å². The number of hydrogen-bond donors (Lipinski definition) is 2. The monoisotopic (exact) mass is 346 g/mol. The van der Waals surface area contributed by atoms with Crippen LogP contribution in [0.1, 0.15) is 11.4 Å². The van der Waals surface area contributed by atoms with Gasteiger partial charge in [-0.25, -0.2) is 18.1 Å². The minimum absolute atomic E-state index is 0.0500. The van der Waals surface area contributed by atoms with Crippen LogP contribution in [0.5, 0.6) is 0 Å². The average molecular weight is 346 g/mol. The molecule has 2 aromatic heterocycles. The van der Waals surface area contributed by atoms with Crippen LogP contribution in [0, 0.1) is 0 Å². The third kappa shape index (κ3) is 3.03. The molecule has 2 rings (SSSR count). The third-order valence-electron chi connectivity index (χ3n) is 4.03. The van der Waals surface area contributed by atoms with Crippen molar-refractivity contribution in [1.29, 1.82) is 0 Å². The summed E-state index contributed by atoms with van der Waals surface area (Å²) in [5.74, 6) is 0. The molecule has 0 aliphatic heterocycles. The molecule has 2 aromatic rings. The van der Waals surface area contributed by atoms with E-state index in [4.69, 9.17) is 10.2 Å². The lowest BCUT2D eigenvalue weighted by Crippen LogP contribution is -2.51. The van der Waals surface area contributed by atoms with Crippen molar-refractivity contribution in [2.75, 3.05) is 26.6 Å². The highest BCUT2D eigenvalue weighted by molar-refractivity contribution is 6.17. The number of aliphatic hydroxyl groups is 2. The van der Waals surface area contributed by atoms with E-state index < -0.39 is 30.0 Å². The zero-order valence-electron chi connectivity index (χ0n) is 13.1. The Hall–Kier alpha value is -1.95. The number of rotatable bonds is 9. The van der Waals surface area contributed by atoms with Gasteiger partial charge in [0.05, 0.1) is 50.2 Å². The molecule has 0 radical (unpaired) electrons. The van der Waals surface area contributed by atoms with Crippen LogP contribution in [-0.2, 0) is 24.1 Å². The first-order valence-corrected chi connectivity index (χ1v) is 7.29. The van der Waals surface area contributed by atoms with Crippen molar-refractivity contribution in [3.63, 3.8) is 0 Å². The summed E-state index contributed by atoms with van der Waals surface area (Å²) in [7, 11) is 1.19. The van der Waals surface area contributed by atoms with Gasteiger partial charge < -0.3 is 10.2 Å². The maximum absolute atomic E-state index is 15.5. The highest BCUT2D eigenvalue weighted by Gasteiger charge is 2.55. The molecular formula is C12H18BF3N6O2. The summed E-state index contributed by atoms with van der Waals surface area (Å²) in [4.78, 5) is 0. The van der Waals surface area contributed by atoms with E-state index in [2.05, 4.69) is 20.6 Å². The van der Waals surface area contributed by atoms with E-state index in [1.165, 1.54) is 18.7 Å². The van der Waals surface area contributed by atoms with E-state index in [0.29, 0.717) is 0 Å². The molecule has 2 N–H and O–H groups in total. The summed E-state index contributed by atoms with van der Waals surface area (Å²) in [5.41, 5.74) is -3.32. The Morgan fingerprint density at radius 3 is 1.92 bits per heavy atom. The van der Waals surface area contributed by atoms with Crippen LogP contribution in [-0.4, -0.2) is 74.6 Å². The lowest BCUT2D eigenvalue weighted by molar-refractivity contribution is 0.0425. The number of aromatic nitrogens is 6. The summed E-state index contributed by atoms with van der Waals surface area (Å²) in [6.07, 6.45) is 2.39. The average Bonchev–Trinajstić information content (AvgIpc) is 3.24. The van der Waals surface area contributed by atoms with Crippen molar-refractivity contribution < 1.29 is 23.4 Å². The van der Waals surface area contributed by atoms with Gasteiger partial charge in [0.1, 0.15) is 20.2 Å². The minimum Gasteiger partial charge on any atom is -0.394 e. The summed E-state index contributed by atoms with van der Waals surface area (Å²) >= 11 is 0. The molecule has 2 atom stereocenters. The van der Waals surface area contributed by atoms with Crippen LogP contribution in [0.4, 0.5) is 13.2 Å². The Bertz CT molecular complexity index is 615. The molecule has 0 bridgehead atoms. The molecule has 0 spiro atoms. The third-order valence-corrected chi connectivity index (χ3v) is 4.03. The van der Waals surface area contributed by atoms with Crippen LogP contribution in [0.25, 0.3) is 0 Å². The summed E-state index contributed by atoms with van der Waals surface area (Å²) in [6, 6.07) is 0. The molecular weight excluding hydrogens is 328 g/mol. The number of hydrogen-bond acceptors (Lipinski definition) is 6. The van der Waals surface area contributed by atoms with Crippen molar-refractivity contribution in [3.05, 3.63) is 23.8 Å². The van der Waals surface area contributed by atoms with E-state index in [0.717, 1.165) is 10.9 Å². The summed E-state index contributed by atoms with van der Waals surface area (Å²) in [5, 5.41) is 30.3. The molecule has 2 heterocycles. The highest BCUT2D eigenvalue weighted by Crippen LogP contribution is 2.43. The largest absolute Gasteiger partial charge is 0.394 e. The van der Waals surface area contributed by atoms with Gasteiger partial charge >= 0.3 is 0 Å². The molecule has 0 saturated heterocycles. The molecule has 132 valence electrons. The standard InChI is InChI=1S/C12H18BF3N6O2/c13-11(7-14,9-5-21(1-3-23)19-17-9)12(16,8-15)10-6-22(2-4-24)20-18-10/h5-6,23-24H,1-4,7-8,13H2. The number of nitrogens with zero attached hydrogens (tertiary/aromatic N) is 6. The van der Waals surface area contributed by atoms with Gasteiger partial charge in [0.15, 0.2) is 5.67 Å². The van der Waals surface area contributed by atoms with E-state index in [1.54, 1.807) is 0 Å². The lowest BCUT2D eigenvalue weighted by Gasteiger charge is -2.36. The zero-order valence-corrected chi connectivity index (χ0v) is 13.1. The molecule has 8 nitrogen and oxygen atoms in total. The van der Waals surface area contributed by atoms with Gasteiger partial charge in [-0.15, -0.1) is 10.2 Å². The predicted molar refractivity (Wildman–Crippen MR) is 79.2 cm³/mol. The molecule has 0 aliphatic rings. The fraction of sp³-hybridized carbons (Fsp3) is 0.667. The Kier molecular flexibility index (Phi) is 5.60. The van der Waals surface area contributed by atoms with Crippen LogP contribution in [0.3, 0.4) is 0 Å². The Morgan fingerprint density at radius 1 is 0.958 bits per heavy atom. The molecule has 24 heavy (non-hydrogen) atoms. The molecule has 12 heteroatoms. The quantitative estimate of drug-likeness (QED) is 0.535. The Labute approximate surface area is 136 Å². The van der Waals surface area contributed by atoms with E-state index in [1.807, 2.05) is 0 Å². The zero-order chi connectivity index (χ0) is 17.8. The van der Waals surface area contributed by atoms with Crippen molar-refractivity contribution in [2.45, 2.75) is 24.1 Å². The number of alkyl halides is 3. The van der Waals surface area contributed by atoms with Gasteiger partial charge in [0.2, 0.25) is 0 Å². The number of halogens is 3. The Balaban J connectivity index is 2.45. The minimum atomic E-state index is -2.82. The first-order valence-electron chi connectivity index (χ1n) is 7.29. The second kappa shape index (κ2) is 7.30. The summed E-state index contributed by atoms with van der Waals surface area (Å²) < 4.78 is 45.4. The smallest absolute Gasteiger partial charge is 0.190 e. The second-order valence-electron chi connectivity index (χ2n) is 5.58. The van der Waals surface area contributed by atoms with Crippen molar-refractivity contribution in [3.8, 4) is 0 Å². The molecule has 0 aliphatic carbocycles. The SMILES string of the molecule is BC(CF)(c1cn(CCO)nn1)C(F)(CF)c1cn(CCO)nn1. The number of aliphatic hydroxyl groups excluding tert-OH is 2. The van der Waals surface area contributed by atoms with Gasteiger partial charge in [0, 0.05) is 6.20 Å². The maximum atomic E-state index is 15.5. The predicted octanol–water partition coefficient (Wildman–Crippen LogP) is -1.51. The Morgan fingerprint density at radius 2 is 1.46 bits per heavy atom. The fourth-order valence-electron chi connectivity index (χ4n) is 2.33. The molecule has 0 fully saturated rings. The first kappa shape index (κ1) is 18.4. The van der Waals surface area contributed by atoms with E-state index >= 15 is 4.39 Å². The van der Waals surface area contributed by atoms with Gasteiger partial charge in [-0.2, -0.15) is 0 Å². The first-order chi connectivity index (χ1) is 11.4. The van der Waals surface area contributed by atoms with Crippen molar-refractivity contribution in [2.24, 2.45) is 0 Å². The van der Waals surface area contributed by atoms with Crippen molar-refractivity contribution in [1.82, 2.24) is 30.0 Å². The molecule has 0 amide bonds. The van der Waals surface area contributed by atoms with Crippen LogP contribution < -0.4 is 0 Å². The lowest BCUT2D eigenvalue weighted by atomic mass is 9.57. The van der Waals surface area contributed by atoms with Gasteiger partial charge in [0.25, 0.3) is 0 Å². The molecule has 2 unspecified atom stereocenters. The topological polar surface area (TPSA) is 102 Å². The van der Waals surface area contributed by atoms with Crippen molar-refractivity contribution >= 4 is 7.85 Å². The fourth-order valence-corrected chi connectivity index (χ4v) is 2.33. The maximum Gasteiger partial charge on any atom is 0.190 e. The van der Waals surface area contributed by atoms with E-state index in [9.17, 15) is 8.78 Å². The van der Waals surface area contributed by atoms with Gasteiger partial charge in [-0.05, 0) is 0 Å². The molecule has 0 aromatic carbocycles. The van der Waals surface area contributed by atoms with Gasteiger partial charge in [-0.1, -0.05) is 10.4 Å². The highest BCUT2D eigenvalue weighted by atomic mass is 19.2. The normalized spacial score (nSPS) is 16.7.